The Morgan fingerprint density at radius 3 is 3.00 bits per heavy atom. The number of aliphatic hydroxyl groups excluding tert-OH is 1. The van der Waals surface area contributed by atoms with Crippen LogP contribution in [0.4, 0.5) is 11.5 Å². The van der Waals surface area contributed by atoms with Crippen molar-refractivity contribution in [3.63, 3.8) is 0 Å². The van der Waals surface area contributed by atoms with Gasteiger partial charge < -0.3 is 10.4 Å². The van der Waals surface area contributed by atoms with Crippen molar-refractivity contribution < 1.29 is 10.0 Å². The number of hydrogen-bond acceptors (Lipinski definition) is 6. The van der Waals surface area contributed by atoms with Gasteiger partial charge in [0.15, 0.2) is 0 Å². The summed E-state index contributed by atoms with van der Waals surface area (Å²) < 4.78 is 0. The van der Waals surface area contributed by atoms with Gasteiger partial charge in [0.1, 0.15) is 6.07 Å². The highest BCUT2D eigenvalue weighted by Gasteiger charge is 2.17. The second-order valence-electron chi connectivity index (χ2n) is 3.78. The molecule has 1 aromatic heterocycles. The van der Waals surface area contributed by atoms with Crippen LogP contribution in [0.1, 0.15) is 25.3 Å². The lowest BCUT2D eigenvalue weighted by Crippen LogP contribution is -2.20. The fourth-order valence-electron chi connectivity index (χ4n) is 1.44. The molecule has 7 nitrogen and oxygen atoms in total. The maximum atomic E-state index is 10.8. The number of nitrogens with one attached hydrogen (secondary N) is 1. The van der Waals surface area contributed by atoms with Crippen LogP contribution >= 0.6 is 0 Å². The van der Waals surface area contributed by atoms with Gasteiger partial charge in [-0.2, -0.15) is 5.26 Å². The lowest BCUT2D eigenvalue weighted by molar-refractivity contribution is -0.384. The number of nitrogens with zero attached hydrogens (tertiary/aromatic N) is 3. The molecule has 7 heteroatoms. The topological polar surface area (TPSA) is 112 Å². The number of nitro groups is 1. The van der Waals surface area contributed by atoms with E-state index >= 15 is 0 Å². The van der Waals surface area contributed by atoms with Crippen LogP contribution in [0.3, 0.4) is 0 Å². The van der Waals surface area contributed by atoms with Crippen molar-refractivity contribution in [2.45, 2.75) is 25.9 Å². The van der Waals surface area contributed by atoms with E-state index in [0.717, 1.165) is 12.5 Å². The molecule has 1 unspecified atom stereocenters. The summed E-state index contributed by atoms with van der Waals surface area (Å²) in [6, 6.07) is 2.94. The first-order valence-corrected chi connectivity index (χ1v) is 5.55. The third-order valence-electron chi connectivity index (χ3n) is 2.32. The van der Waals surface area contributed by atoms with Gasteiger partial charge in [-0.3, -0.25) is 10.1 Å². The number of aliphatic hydroxyl groups is 1. The average Bonchev–Trinajstić information content (AvgIpc) is 2.36. The predicted molar refractivity (Wildman–Crippen MR) is 65.0 cm³/mol. The molecular formula is C11H14N4O3. The van der Waals surface area contributed by atoms with Crippen molar-refractivity contribution in [2.75, 3.05) is 11.9 Å². The number of hydrogen-bond donors (Lipinski definition) is 2. The van der Waals surface area contributed by atoms with Crippen LogP contribution in [0, 0.1) is 21.4 Å². The van der Waals surface area contributed by atoms with Crippen LogP contribution in [0.15, 0.2) is 12.3 Å². The van der Waals surface area contributed by atoms with Crippen molar-refractivity contribution in [3.05, 3.63) is 27.9 Å². The Morgan fingerprint density at radius 1 is 1.72 bits per heavy atom. The van der Waals surface area contributed by atoms with Gasteiger partial charge >= 0.3 is 5.69 Å². The van der Waals surface area contributed by atoms with Crippen LogP contribution in [0.25, 0.3) is 0 Å². The minimum atomic E-state index is -0.609. The van der Waals surface area contributed by atoms with Gasteiger partial charge in [-0.25, -0.2) is 4.98 Å². The van der Waals surface area contributed by atoms with E-state index in [-0.39, 0.29) is 23.6 Å². The molecular weight excluding hydrogens is 236 g/mol. The summed E-state index contributed by atoms with van der Waals surface area (Å²) in [6.45, 7) is 2.12. The minimum Gasteiger partial charge on any atom is -0.391 e. The maximum absolute atomic E-state index is 10.8. The van der Waals surface area contributed by atoms with Gasteiger partial charge in [0.25, 0.3) is 0 Å². The van der Waals surface area contributed by atoms with Crippen molar-refractivity contribution in [3.8, 4) is 6.07 Å². The molecule has 18 heavy (non-hydrogen) atoms. The summed E-state index contributed by atoms with van der Waals surface area (Å²) in [4.78, 5) is 14.0. The van der Waals surface area contributed by atoms with Crippen molar-refractivity contribution in [2.24, 2.45) is 0 Å². The molecule has 2 N–H and O–H groups in total. The molecule has 1 aromatic rings. The summed E-state index contributed by atoms with van der Waals surface area (Å²) in [5.41, 5.74) is -0.140. The molecule has 1 heterocycles. The van der Waals surface area contributed by atoms with Crippen LogP contribution in [-0.4, -0.2) is 27.7 Å². The molecule has 0 fully saturated rings. The zero-order valence-corrected chi connectivity index (χ0v) is 9.96. The summed E-state index contributed by atoms with van der Waals surface area (Å²) >= 11 is 0. The van der Waals surface area contributed by atoms with Gasteiger partial charge in [-0.1, -0.05) is 13.3 Å². The fraction of sp³-hybridized carbons (Fsp3) is 0.455. The largest absolute Gasteiger partial charge is 0.391 e. The molecule has 1 atom stereocenters. The Kier molecular flexibility index (Phi) is 5.02. The lowest BCUT2D eigenvalue weighted by Gasteiger charge is -2.11. The Morgan fingerprint density at radius 2 is 2.44 bits per heavy atom. The van der Waals surface area contributed by atoms with Crippen molar-refractivity contribution in [1.82, 2.24) is 4.98 Å². The first-order chi connectivity index (χ1) is 8.58. The highest BCUT2D eigenvalue weighted by molar-refractivity contribution is 5.58. The fourth-order valence-corrected chi connectivity index (χ4v) is 1.44. The average molecular weight is 250 g/mol. The quantitative estimate of drug-likeness (QED) is 0.583. The molecule has 0 bridgehead atoms. The second-order valence-corrected chi connectivity index (χ2v) is 3.78. The van der Waals surface area contributed by atoms with Crippen LogP contribution in [-0.2, 0) is 0 Å². The normalized spacial score (nSPS) is 11.6. The molecule has 0 amide bonds. The molecule has 0 aliphatic carbocycles. The third kappa shape index (κ3) is 3.68. The monoisotopic (exact) mass is 250 g/mol. The van der Waals surface area contributed by atoms with Gasteiger partial charge in [-0.15, -0.1) is 0 Å². The molecule has 0 saturated heterocycles. The Balaban J connectivity index is 2.82. The first-order valence-electron chi connectivity index (χ1n) is 5.55. The lowest BCUT2D eigenvalue weighted by atomic mass is 10.2. The van der Waals surface area contributed by atoms with E-state index in [0.29, 0.717) is 6.42 Å². The van der Waals surface area contributed by atoms with Gasteiger partial charge in [0.05, 0.1) is 16.6 Å². The summed E-state index contributed by atoms with van der Waals surface area (Å²) in [7, 11) is 0. The van der Waals surface area contributed by atoms with Crippen LogP contribution in [0.5, 0.6) is 0 Å². The maximum Gasteiger partial charge on any atom is 0.312 e. The SMILES string of the molecule is CCCC(O)CNc1ncc(C#N)cc1[N+](=O)[O-]. The predicted octanol–water partition coefficient (Wildman–Crippen LogP) is 1.43. The zero-order chi connectivity index (χ0) is 13.5. The molecule has 0 radical (unpaired) electrons. The van der Waals surface area contributed by atoms with E-state index in [2.05, 4.69) is 10.3 Å². The number of rotatable bonds is 6. The molecule has 0 saturated carbocycles. The molecule has 0 aliphatic heterocycles. The standard InChI is InChI=1S/C11H14N4O3/c1-2-3-9(16)7-14-11-10(15(17)18)4-8(5-12)6-13-11/h4,6,9,16H,2-3,7H2,1H3,(H,13,14). The third-order valence-corrected chi connectivity index (χ3v) is 2.32. The number of nitriles is 1. The molecule has 0 aliphatic rings. The molecule has 1 rings (SSSR count). The second kappa shape index (κ2) is 6.51. The summed E-state index contributed by atoms with van der Waals surface area (Å²) in [5, 5.41) is 31.7. The molecule has 0 spiro atoms. The van der Waals surface area contributed by atoms with Crippen molar-refractivity contribution in [1.29, 1.82) is 5.26 Å². The van der Waals surface area contributed by atoms with E-state index in [1.54, 1.807) is 6.07 Å². The molecule has 0 aromatic carbocycles. The number of aromatic nitrogens is 1. The van der Waals surface area contributed by atoms with Gasteiger partial charge in [0.2, 0.25) is 5.82 Å². The highest BCUT2D eigenvalue weighted by atomic mass is 16.6. The Labute approximate surface area is 104 Å². The summed E-state index contributed by atoms with van der Waals surface area (Å²) in [6.07, 6.45) is 2.11. The van der Waals surface area contributed by atoms with Crippen LogP contribution in [0.2, 0.25) is 0 Å². The van der Waals surface area contributed by atoms with Crippen LogP contribution < -0.4 is 5.32 Å². The van der Waals surface area contributed by atoms with E-state index in [4.69, 9.17) is 5.26 Å². The Bertz CT molecular complexity index is 470. The highest BCUT2D eigenvalue weighted by Crippen LogP contribution is 2.22. The number of anilines is 1. The van der Waals surface area contributed by atoms with E-state index in [1.165, 1.54) is 6.20 Å². The Hall–Kier alpha value is -2.20. The van der Waals surface area contributed by atoms with E-state index in [9.17, 15) is 15.2 Å². The molecule has 96 valence electrons. The smallest absolute Gasteiger partial charge is 0.312 e. The number of pyridine rings is 1. The van der Waals surface area contributed by atoms with Gasteiger partial charge in [0, 0.05) is 18.8 Å². The van der Waals surface area contributed by atoms with E-state index < -0.39 is 11.0 Å². The minimum absolute atomic E-state index is 0.0640. The van der Waals surface area contributed by atoms with Gasteiger partial charge in [-0.05, 0) is 6.42 Å². The van der Waals surface area contributed by atoms with Crippen molar-refractivity contribution >= 4 is 11.5 Å². The first kappa shape index (κ1) is 13.9. The zero-order valence-electron chi connectivity index (χ0n) is 9.96. The van der Waals surface area contributed by atoms with E-state index in [1.807, 2.05) is 6.92 Å². The summed E-state index contributed by atoms with van der Waals surface area (Å²) in [5.74, 6) is 0.0640.